The first kappa shape index (κ1) is 12.6. The van der Waals surface area contributed by atoms with Crippen LogP contribution in [0.15, 0.2) is 28.7 Å². The molecule has 1 amide bonds. The standard InChI is InChI=1S/C13H17BrN2O/c1-2-16(10-7-8-15-9-10)13(17)11-5-3-4-6-12(11)14/h3-6,10,15H,2,7-9H2,1H3. The number of carbonyl (C=O) groups excluding carboxylic acids is 1. The highest BCUT2D eigenvalue weighted by Crippen LogP contribution is 2.20. The minimum Gasteiger partial charge on any atom is -0.335 e. The molecule has 92 valence electrons. The fourth-order valence-corrected chi connectivity index (χ4v) is 2.72. The molecule has 0 aliphatic carbocycles. The van der Waals surface area contributed by atoms with E-state index in [0.717, 1.165) is 36.1 Å². The highest BCUT2D eigenvalue weighted by atomic mass is 79.9. The molecule has 1 atom stereocenters. The first-order chi connectivity index (χ1) is 8.24. The van der Waals surface area contributed by atoms with Crippen molar-refractivity contribution in [3.05, 3.63) is 34.3 Å². The summed E-state index contributed by atoms with van der Waals surface area (Å²) in [6, 6.07) is 7.94. The van der Waals surface area contributed by atoms with Crippen LogP contribution >= 0.6 is 15.9 Å². The van der Waals surface area contributed by atoms with Gasteiger partial charge in [-0.05, 0) is 48.0 Å². The third-order valence-corrected chi connectivity index (χ3v) is 3.87. The van der Waals surface area contributed by atoms with E-state index in [4.69, 9.17) is 0 Å². The Morgan fingerprint density at radius 2 is 2.29 bits per heavy atom. The molecule has 0 aromatic heterocycles. The molecule has 0 bridgehead atoms. The van der Waals surface area contributed by atoms with Gasteiger partial charge < -0.3 is 10.2 Å². The SMILES string of the molecule is CCN(C(=O)c1ccccc1Br)C1CCNC1. The van der Waals surface area contributed by atoms with Gasteiger partial charge in [-0.1, -0.05) is 12.1 Å². The van der Waals surface area contributed by atoms with Gasteiger partial charge in [0.2, 0.25) is 0 Å². The monoisotopic (exact) mass is 296 g/mol. The lowest BCUT2D eigenvalue weighted by Gasteiger charge is -2.27. The van der Waals surface area contributed by atoms with E-state index in [1.165, 1.54) is 0 Å². The molecule has 4 heteroatoms. The number of benzene rings is 1. The highest BCUT2D eigenvalue weighted by molar-refractivity contribution is 9.10. The number of rotatable bonds is 3. The van der Waals surface area contributed by atoms with Crippen LogP contribution in [0.25, 0.3) is 0 Å². The Balaban J connectivity index is 2.20. The molecular weight excluding hydrogens is 280 g/mol. The van der Waals surface area contributed by atoms with Crippen LogP contribution in [0, 0.1) is 0 Å². The molecule has 1 N–H and O–H groups in total. The van der Waals surface area contributed by atoms with Crippen LogP contribution in [0.4, 0.5) is 0 Å². The first-order valence-electron chi connectivity index (χ1n) is 6.00. The van der Waals surface area contributed by atoms with Crippen molar-refractivity contribution in [2.75, 3.05) is 19.6 Å². The van der Waals surface area contributed by atoms with Gasteiger partial charge in [0, 0.05) is 23.6 Å². The van der Waals surface area contributed by atoms with Gasteiger partial charge in [0.05, 0.1) is 5.56 Å². The lowest BCUT2D eigenvalue weighted by atomic mass is 10.1. The number of halogens is 1. The van der Waals surface area contributed by atoms with Crippen LogP contribution in [0.3, 0.4) is 0 Å². The van der Waals surface area contributed by atoms with Crippen molar-refractivity contribution in [3.63, 3.8) is 0 Å². The van der Waals surface area contributed by atoms with Crippen molar-refractivity contribution in [2.45, 2.75) is 19.4 Å². The molecule has 1 fully saturated rings. The molecule has 2 rings (SSSR count). The highest BCUT2D eigenvalue weighted by Gasteiger charge is 2.26. The zero-order valence-corrected chi connectivity index (χ0v) is 11.5. The Morgan fingerprint density at radius 1 is 1.53 bits per heavy atom. The van der Waals surface area contributed by atoms with Crippen LogP contribution < -0.4 is 5.32 Å². The second-order valence-electron chi connectivity index (χ2n) is 4.22. The fraction of sp³-hybridized carbons (Fsp3) is 0.462. The van der Waals surface area contributed by atoms with E-state index >= 15 is 0 Å². The van der Waals surface area contributed by atoms with E-state index in [-0.39, 0.29) is 5.91 Å². The van der Waals surface area contributed by atoms with Gasteiger partial charge >= 0.3 is 0 Å². The van der Waals surface area contributed by atoms with Crippen LogP contribution in [-0.2, 0) is 0 Å². The second kappa shape index (κ2) is 5.65. The summed E-state index contributed by atoms with van der Waals surface area (Å²) in [6.07, 6.45) is 1.05. The number of nitrogens with one attached hydrogen (secondary N) is 1. The van der Waals surface area contributed by atoms with E-state index in [1.54, 1.807) is 0 Å². The van der Waals surface area contributed by atoms with E-state index in [9.17, 15) is 4.79 Å². The topological polar surface area (TPSA) is 32.3 Å². The van der Waals surface area contributed by atoms with E-state index in [1.807, 2.05) is 36.1 Å². The molecular formula is C13H17BrN2O. The predicted octanol–water partition coefficient (Wildman–Crippen LogP) is 2.27. The number of hydrogen-bond acceptors (Lipinski definition) is 2. The smallest absolute Gasteiger partial charge is 0.255 e. The molecule has 0 radical (unpaired) electrons. The average Bonchev–Trinajstić information content (AvgIpc) is 2.84. The average molecular weight is 297 g/mol. The molecule has 0 saturated carbocycles. The molecule has 1 aromatic rings. The Bertz CT molecular complexity index is 402. The molecule has 1 saturated heterocycles. The third kappa shape index (κ3) is 2.69. The Kier molecular flexibility index (Phi) is 4.18. The Hall–Kier alpha value is -0.870. The molecule has 1 aromatic carbocycles. The molecule has 1 unspecified atom stereocenters. The van der Waals surface area contributed by atoms with Crippen molar-refractivity contribution < 1.29 is 4.79 Å². The van der Waals surface area contributed by atoms with Crippen LogP contribution in [0.1, 0.15) is 23.7 Å². The van der Waals surface area contributed by atoms with Gasteiger partial charge in [0.15, 0.2) is 0 Å². The summed E-state index contributed by atoms with van der Waals surface area (Å²) in [5, 5.41) is 3.30. The second-order valence-corrected chi connectivity index (χ2v) is 5.07. The van der Waals surface area contributed by atoms with Crippen molar-refractivity contribution in [2.24, 2.45) is 0 Å². The number of nitrogens with zero attached hydrogens (tertiary/aromatic N) is 1. The zero-order valence-electron chi connectivity index (χ0n) is 9.95. The lowest BCUT2D eigenvalue weighted by Crippen LogP contribution is -2.41. The van der Waals surface area contributed by atoms with Crippen LogP contribution in [-0.4, -0.2) is 36.5 Å². The number of amides is 1. The molecule has 1 heterocycles. The van der Waals surface area contributed by atoms with Gasteiger partial charge in [-0.2, -0.15) is 0 Å². The van der Waals surface area contributed by atoms with Gasteiger partial charge in [0.25, 0.3) is 5.91 Å². The quantitative estimate of drug-likeness (QED) is 0.928. The van der Waals surface area contributed by atoms with Gasteiger partial charge in [-0.15, -0.1) is 0 Å². The van der Waals surface area contributed by atoms with Gasteiger partial charge in [-0.3, -0.25) is 4.79 Å². The zero-order chi connectivity index (χ0) is 12.3. The summed E-state index contributed by atoms with van der Waals surface area (Å²) in [7, 11) is 0. The summed E-state index contributed by atoms with van der Waals surface area (Å²) in [4.78, 5) is 14.4. The van der Waals surface area contributed by atoms with Crippen molar-refractivity contribution in [3.8, 4) is 0 Å². The summed E-state index contributed by atoms with van der Waals surface area (Å²) < 4.78 is 0.870. The maximum atomic E-state index is 12.5. The van der Waals surface area contributed by atoms with Crippen LogP contribution in [0.5, 0.6) is 0 Å². The Labute approximate surface area is 110 Å². The number of carbonyl (C=O) groups is 1. The van der Waals surface area contributed by atoms with E-state index in [0.29, 0.717) is 6.04 Å². The summed E-state index contributed by atoms with van der Waals surface area (Å²) in [6.45, 7) is 4.70. The normalized spacial score (nSPS) is 19.3. The molecule has 17 heavy (non-hydrogen) atoms. The van der Waals surface area contributed by atoms with E-state index in [2.05, 4.69) is 21.2 Å². The summed E-state index contributed by atoms with van der Waals surface area (Å²) in [5.41, 5.74) is 0.751. The Morgan fingerprint density at radius 3 is 2.88 bits per heavy atom. The maximum Gasteiger partial charge on any atom is 0.255 e. The number of likely N-dealkylation sites (N-methyl/N-ethyl adjacent to an activating group) is 1. The van der Waals surface area contributed by atoms with Crippen molar-refractivity contribution in [1.82, 2.24) is 10.2 Å². The molecule has 1 aliphatic heterocycles. The summed E-state index contributed by atoms with van der Waals surface area (Å²) >= 11 is 3.44. The van der Waals surface area contributed by atoms with Crippen LogP contribution in [0.2, 0.25) is 0 Å². The van der Waals surface area contributed by atoms with Gasteiger partial charge in [0.1, 0.15) is 0 Å². The molecule has 1 aliphatic rings. The molecule has 3 nitrogen and oxygen atoms in total. The summed E-state index contributed by atoms with van der Waals surface area (Å²) in [5.74, 6) is 0.119. The van der Waals surface area contributed by atoms with Gasteiger partial charge in [-0.25, -0.2) is 0 Å². The third-order valence-electron chi connectivity index (χ3n) is 3.18. The minimum atomic E-state index is 0.119. The van der Waals surface area contributed by atoms with Crippen molar-refractivity contribution in [1.29, 1.82) is 0 Å². The van der Waals surface area contributed by atoms with Crippen molar-refractivity contribution >= 4 is 21.8 Å². The largest absolute Gasteiger partial charge is 0.335 e. The fourth-order valence-electron chi connectivity index (χ4n) is 2.26. The molecule has 0 spiro atoms. The predicted molar refractivity (Wildman–Crippen MR) is 72.1 cm³/mol. The van der Waals surface area contributed by atoms with E-state index < -0.39 is 0 Å². The minimum absolute atomic E-state index is 0.119. The maximum absolute atomic E-state index is 12.5. The first-order valence-corrected chi connectivity index (χ1v) is 6.79. The number of hydrogen-bond donors (Lipinski definition) is 1. The lowest BCUT2D eigenvalue weighted by molar-refractivity contribution is 0.0703.